The lowest BCUT2D eigenvalue weighted by molar-refractivity contribution is 1.04. The topological polar surface area (TPSA) is 22.0 Å². The average Bonchev–Trinajstić information content (AvgIpc) is 2.55. The zero-order valence-electron chi connectivity index (χ0n) is 11.4. The van der Waals surface area contributed by atoms with Gasteiger partial charge in [0.25, 0.3) is 0 Å². The van der Waals surface area contributed by atoms with Crippen molar-refractivity contribution in [3.05, 3.63) is 100 Å². The minimum Gasteiger partial charge on any atom is -0.324 e. The Bertz CT molecular complexity index is 829. The van der Waals surface area contributed by atoms with Crippen LogP contribution in [0.4, 0.5) is 0 Å². The monoisotopic (exact) mass is 271 g/mol. The Balaban J connectivity index is 1.83. The fourth-order valence-corrected chi connectivity index (χ4v) is 1.97. The maximum absolute atomic E-state index is 11.1. The molecule has 0 fully saturated rings. The van der Waals surface area contributed by atoms with Gasteiger partial charge < -0.3 is 4.57 Å². The molecule has 0 saturated carbocycles. The van der Waals surface area contributed by atoms with Crippen LogP contribution in [0.3, 0.4) is 0 Å². The average molecular weight is 271 g/mol. The molecule has 21 heavy (non-hydrogen) atoms. The fraction of sp³-hybridized carbons (Fsp3) is 0. The summed E-state index contributed by atoms with van der Waals surface area (Å²) in [6.07, 6.45) is 3.51. The first kappa shape index (κ1) is 13.0. The van der Waals surface area contributed by atoms with Crippen molar-refractivity contribution in [1.82, 2.24) is 4.57 Å². The van der Waals surface area contributed by atoms with E-state index in [1.165, 1.54) is 0 Å². The molecule has 0 radical (unpaired) electrons. The Morgan fingerprint density at radius 3 is 1.86 bits per heavy atom. The number of nitrogens with zero attached hydrogens (tertiary/aromatic N) is 1. The maximum Gasteiger partial charge on any atom is 0.181 e. The molecule has 2 heteroatoms. The Morgan fingerprint density at radius 1 is 0.667 bits per heavy atom. The predicted octanol–water partition coefficient (Wildman–Crippen LogP) is 3.24. The lowest BCUT2D eigenvalue weighted by Crippen LogP contribution is -2.01. The molecule has 0 saturated heterocycles. The van der Waals surface area contributed by atoms with Crippen LogP contribution in [0.2, 0.25) is 0 Å². The molecule has 0 unspecified atom stereocenters. The van der Waals surface area contributed by atoms with Crippen LogP contribution >= 0.6 is 0 Å². The number of benzene rings is 2. The Morgan fingerprint density at radius 2 is 1.24 bits per heavy atom. The van der Waals surface area contributed by atoms with Gasteiger partial charge in [0.15, 0.2) is 5.43 Å². The largest absolute Gasteiger partial charge is 0.324 e. The van der Waals surface area contributed by atoms with Gasteiger partial charge in [0.05, 0.1) is 0 Å². The number of hydrogen-bond donors (Lipinski definition) is 0. The van der Waals surface area contributed by atoms with E-state index >= 15 is 0 Å². The molecule has 100 valence electrons. The summed E-state index contributed by atoms with van der Waals surface area (Å²) in [5, 5.41) is 0. The van der Waals surface area contributed by atoms with Crippen molar-refractivity contribution in [1.29, 1.82) is 0 Å². The van der Waals surface area contributed by atoms with Crippen LogP contribution in [0, 0.1) is 11.8 Å². The highest BCUT2D eigenvalue weighted by molar-refractivity contribution is 5.45. The van der Waals surface area contributed by atoms with E-state index in [0.29, 0.717) is 0 Å². The van der Waals surface area contributed by atoms with Crippen molar-refractivity contribution in [2.24, 2.45) is 0 Å². The Kier molecular flexibility index (Phi) is 3.66. The van der Waals surface area contributed by atoms with Crippen molar-refractivity contribution < 1.29 is 0 Å². The second-order valence-electron chi connectivity index (χ2n) is 4.60. The maximum atomic E-state index is 11.1. The summed E-state index contributed by atoms with van der Waals surface area (Å²) in [6.45, 7) is 0. The third kappa shape index (κ3) is 3.29. The van der Waals surface area contributed by atoms with Gasteiger partial charge in [-0.25, -0.2) is 0 Å². The van der Waals surface area contributed by atoms with Crippen LogP contribution < -0.4 is 5.43 Å². The number of aromatic nitrogens is 1. The minimum absolute atomic E-state index is 0.0107. The fourth-order valence-electron chi connectivity index (χ4n) is 1.97. The van der Waals surface area contributed by atoms with Crippen LogP contribution in [0.1, 0.15) is 11.1 Å². The molecular weight excluding hydrogens is 258 g/mol. The smallest absolute Gasteiger partial charge is 0.181 e. The molecule has 0 amide bonds. The van der Waals surface area contributed by atoms with E-state index in [9.17, 15) is 4.79 Å². The molecule has 0 bridgehead atoms. The normalized spacial score (nSPS) is 9.71. The third-order valence-electron chi connectivity index (χ3n) is 3.09. The van der Waals surface area contributed by atoms with Crippen molar-refractivity contribution >= 4 is 0 Å². The van der Waals surface area contributed by atoms with E-state index in [1.807, 2.05) is 59.2 Å². The van der Waals surface area contributed by atoms with Crippen LogP contribution in [0.5, 0.6) is 0 Å². The van der Waals surface area contributed by atoms with Crippen molar-refractivity contribution in [2.45, 2.75) is 0 Å². The second-order valence-corrected chi connectivity index (χ2v) is 4.60. The molecule has 0 aliphatic rings. The van der Waals surface area contributed by atoms with E-state index < -0.39 is 0 Å². The molecule has 0 aliphatic heterocycles. The lowest BCUT2D eigenvalue weighted by Gasteiger charge is -2.05. The van der Waals surface area contributed by atoms with Crippen LogP contribution in [-0.2, 0) is 0 Å². The molecule has 0 atom stereocenters. The van der Waals surface area contributed by atoms with Gasteiger partial charge in [0, 0.05) is 41.3 Å². The molecule has 0 aliphatic carbocycles. The summed E-state index contributed by atoms with van der Waals surface area (Å²) in [7, 11) is 0. The first-order valence-electron chi connectivity index (χ1n) is 6.67. The molecule has 1 aromatic heterocycles. The summed E-state index contributed by atoms with van der Waals surface area (Å²) >= 11 is 0. The summed E-state index contributed by atoms with van der Waals surface area (Å²) in [5.41, 5.74) is 2.97. The predicted molar refractivity (Wildman–Crippen MR) is 84.5 cm³/mol. The third-order valence-corrected chi connectivity index (χ3v) is 3.09. The van der Waals surface area contributed by atoms with Crippen LogP contribution in [-0.4, -0.2) is 4.57 Å². The first-order chi connectivity index (χ1) is 10.3. The quantitative estimate of drug-likeness (QED) is 0.623. The highest BCUT2D eigenvalue weighted by atomic mass is 16.1. The van der Waals surface area contributed by atoms with E-state index in [4.69, 9.17) is 0 Å². The molecule has 2 aromatic carbocycles. The lowest BCUT2D eigenvalue weighted by atomic mass is 10.1. The number of hydrogen-bond acceptors (Lipinski definition) is 1. The molecule has 3 aromatic rings. The number of pyridine rings is 1. The van der Waals surface area contributed by atoms with E-state index in [-0.39, 0.29) is 5.43 Å². The molecule has 3 rings (SSSR count). The molecular formula is C19H13NO. The Labute approximate surface area is 123 Å². The van der Waals surface area contributed by atoms with Crippen LogP contribution in [0.15, 0.2) is 83.9 Å². The van der Waals surface area contributed by atoms with Crippen molar-refractivity contribution in [3.8, 4) is 17.5 Å². The zero-order chi connectivity index (χ0) is 14.5. The van der Waals surface area contributed by atoms with Gasteiger partial charge in [-0.15, -0.1) is 0 Å². The SMILES string of the molecule is O=c1ccn(-c2ccc(C#Cc3ccccc3)cc2)cc1. The first-order valence-corrected chi connectivity index (χ1v) is 6.67. The highest BCUT2D eigenvalue weighted by Crippen LogP contribution is 2.08. The van der Waals surface area contributed by atoms with E-state index in [0.717, 1.165) is 16.8 Å². The van der Waals surface area contributed by atoms with Crippen LogP contribution in [0.25, 0.3) is 5.69 Å². The number of rotatable bonds is 1. The molecule has 0 N–H and O–H groups in total. The second kappa shape index (κ2) is 5.94. The van der Waals surface area contributed by atoms with Crippen molar-refractivity contribution in [2.75, 3.05) is 0 Å². The summed E-state index contributed by atoms with van der Waals surface area (Å²) in [5.74, 6) is 6.27. The summed E-state index contributed by atoms with van der Waals surface area (Å²) in [6, 6.07) is 20.9. The van der Waals surface area contributed by atoms with Gasteiger partial charge >= 0.3 is 0 Å². The van der Waals surface area contributed by atoms with E-state index in [1.54, 1.807) is 24.5 Å². The van der Waals surface area contributed by atoms with Gasteiger partial charge in [-0.05, 0) is 36.4 Å². The van der Waals surface area contributed by atoms with Gasteiger partial charge in [-0.2, -0.15) is 0 Å². The van der Waals surface area contributed by atoms with E-state index in [2.05, 4.69) is 11.8 Å². The van der Waals surface area contributed by atoms with Gasteiger partial charge in [-0.3, -0.25) is 4.79 Å². The molecule has 0 spiro atoms. The van der Waals surface area contributed by atoms with Gasteiger partial charge in [-0.1, -0.05) is 30.0 Å². The summed E-state index contributed by atoms with van der Waals surface area (Å²) < 4.78 is 1.90. The molecule has 1 heterocycles. The molecule has 2 nitrogen and oxygen atoms in total. The van der Waals surface area contributed by atoms with Crippen molar-refractivity contribution in [3.63, 3.8) is 0 Å². The Hall–Kier alpha value is -3.05. The summed E-state index contributed by atoms with van der Waals surface area (Å²) in [4.78, 5) is 11.1. The standard InChI is InChI=1S/C19H13NO/c21-19-12-14-20(15-13-19)18-10-8-17(9-11-18)7-6-16-4-2-1-3-5-16/h1-5,8-15H. The highest BCUT2D eigenvalue weighted by Gasteiger charge is 1.94. The minimum atomic E-state index is 0.0107. The van der Waals surface area contributed by atoms with Gasteiger partial charge in [0.1, 0.15) is 0 Å². The van der Waals surface area contributed by atoms with Gasteiger partial charge in [0.2, 0.25) is 0 Å². The zero-order valence-corrected chi connectivity index (χ0v) is 11.4.